The zero-order chi connectivity index (χ0) is 72.3. The second kappa shape index (κ2) is 34.3. The minimum atomic E-state index is -3.19. The van der Waals surface area contributed by atoms with Crippen LogP contribution in [0.4, 0.5) is 29.5 Å². The molecule has 0 aromatic carbocycles. The number of piperazine rings is 1. The van der Waals surface area contributed by atoms with Crippen LogP contribution in [0.1, 0.15) is 165 Å². The van der Waals surface area contributed by atoms with Crippen molar-refractivity contribution >= 4 is 56.1 Å². The van der Waals surface area contributed by atoms with Gasteiger partial charge in [-0.15, -0.1) is 15.3 Å². The fourth-order valence-corrected chi connectivity index (χ4v) is 16.2. The van der Waals surface area contributed by atoms with Gasteiger partial charge in [-0.3, -0.25) is 4.98 Å². The largest absolute Gasteiger partial charge is 0.393 e. The van der Waals surface area contributed by atoms with Crippen molar-refractivity contribution in [1.82, 2.24) is 63.1 Å². The van der Waals surface area contributed by atoms with Crippen molar-refractivity contribution in [3.05, 3.63) is 115 Å². The number of nitrogens with one attached hydrogen (secondary N) is 3. The van der Waals surface area contributed by atoms with Crippen LogP contribution in [0.5, 0.6) is 0 Å². The van der Waals surface area contributed by atoms with E-state index in [2.05, 4.69) is 141 Å². The van der Waals surface area contributed by atoms with Gasteiger partial charge in [0.25, 0.3) is 0 Å². The van der Waals surface area contributed by atoms with E-state index in [1.165, 1.54) is 34.8 Å². The van der Waals surface area contributed by atoms with Crippen molar-refractivity contribution in [2.75, 3.05) is 112 Å². The maximum absolute atomic E-state index is 11.9. The van der Waals surface area contributed by atoms with Crippen LogP contribution in [0, 0.1) is 5.92 Å². The van der Waals surface area contributed by atoms with E-state index in [0.29, 0.717) is 87.5 Å². The minimum absolute atomic E-state index is 0.0617. The lowest BCUT2D eigenvalue weighted by Gasteiger charge is -2.34. The van der Waals surface area contributed by atoms with Gasteiger partial charge in [-0.1, -0.05) is 13.8 Å². The lowest BCUT2D eigenvalue weighted by molar-refractivity contribution is 0.121. The molecular formula is C76H106N18O8S. The first-order valence-corrected chi connectivity index (χ1v) is 38.9. The summed E-state index contributed by atoms with van der Waals surface area (Å²) in [6, 6.07) is 19.6. The zero-order valence-electron chi connectivity index (χ0n) is 61.4. The minimum Gasteiger partial charge on any atom is -0.393 e. The number of hydrogen-bond acceptors (Lipinski definition) is 22. The number of aliphatic hydroxyl groups is 3. The molecule has 0 bridgehead atoms. The van der Waals surface area contributed by atoms with E-state index in [4.69, 9.17) is 29.5 Å². The van der Waals surface area contributed by atoms with Crippen LogP contribution in [0.25, 0.3) is 49.9 Å². The molecule has 3 saturated carbocycles. The molecule has 14 rings (SSSR count). The molecule has 103 heavy (non-hydrogen) atoms. The average Bonchev–Trinajstić information content (AvgIpc) is 1.63. The van der Waals surface area contributed by atoms with Gasteiger partial charge in [0.1, 0.15) is 11.6 Å². The summed E-state index contributed by atoms with van der Waals surface area (Å²) in [6.07, 6.45) is 26.0. The summed E-state index contributed by atoms with van der Waals surface area (Å²) in [4.78, 5) is 32.1. The monoisotopic (exact) mass is 1430 g/mol. The SMILES string of the molecule is COC[C@H](C)Nc1ncc2c(-c3ccnc(CC(C)C)c3)cc(C3CCC(O)CC3)n2n1.COC[C@H](C)Nc1ncc2c(-c3ccnc(N4CCCC4)c3)cc(C3CCC(O)CC3)n2n1.COC[C@H](C)Nc1ncc2c(-c3ccnc(N4CCN(S(C)(=O)=O)CC4)c3)cc(C3CCC(O)CC3)n2n1. The van der Waals surface area contributed by atoms with E-state index in [0.717, 1.165) is 170 Å². The molecule has 6 N–H and O–H groups in total. The maximum atomic E-state index is 11.9. The number of rotatable bonds is 23. The third-order valence-electron chi connectivity index (χ3n) is 20.7. The first-order valence-electron chi connectivity index (χ1n) is 37.1. The summed E-state index contributed by atoms with van der Waals surface area (Å²) in [6.45, 7) is 16.5. The molecule has 26 nitrogen and oxygen atoms in total. The van der Waals surface area contributed by atoms with E-state index in [1.807, 2.05) is 48.5 Å². The number of fused-ring (bicyclic) bond motifs is 3. The highest BCUT2D eigenvalue weighted by Crippen LogP contribution is 2.42. The van der Waals surface area contributed by atoms with Crippen molar-refractivity contribution in [1.29, 1.82) is 0 Å². The Bertz CT molecular complexity index is 4360. The van der Waals surface area contributed by atoms with Crippen LogP contribution in [0.15, 0.2) is 91.8 Å². The average molecular weight is 1430 g/mol. The molecule has 0 amide bonds. The second-order valence-corrected chi connectivity index (χ2v) is 31.4. The van der Waals surface area contributed by atoms with Crippen LogP contribution in [-0.2, 0) is 30.7 Å². The number of methoxy groups -OCH3 is 3. The Morgan fingerprint density at radius 2 is 0.796 bits per heavy atom. The number of hydrogen-bond donors (Lipinski definition) is 6. The number of nitrogens with zero attached hydrogens (tertiary/aromatic N) is 15. The van der Waals surface area contributed by atoms with E-state index in [9.17, 15) is 23.7 Å². The summed E-state index contributed by atoms with van der Waals surface area (Å²) in [5.74, 6) is 5.19. The number of ether oxygens (including phenoxy) is 3. The molecule has 554 valence electrons. The maximum Gasteiger partial charge on any atom is 0.241 e. The van der Waals surface area contributed by atoms with Crippen molar-refractivity contribution in [2.45, 2.75) is 185 Å². The van der Waals surface area contributed by atoms with Crippen molar-refractivity contribution in [3.63, 3.8) is 0 Å². The second-order valence-electron chi connectivity index (χ2n) is 29.4. The number of anilines is 5. The summed E-state index contributed by atoms with van der Waals surface area (Å²) in [5, 5.41) is 54.7. The molecule has 3 aliphatic carbocycles. The Balaban J connectivity index is 0.000000146. The summed E-state index contributed by atoms with van der Waals surface area (Å²) in [7, 11) is 1.87. The molecule has 9 aromatic rings. The van der Waals surface area contributed by atoms with E-state index in [1.54, 1.807) is 27.5 Å². The fraction of sp³-hybridized carbons (Fsp3) is 0.566. The molecule has 5 fully saturated rings. The lowest BCUT2D eigenvalue weighted by Crippen LogP contribution is -2.48. The van der Waals surface area contributed by atoms with Crippen molar-refractivity contribution in [2.24, 2.45) is 5.92 Å². The quantitative estimate of drug-likeness (QED) is 0.0347. The molecule has 27 heteroatoms. The topological polar surface area (TPSA) is 298 Å². The fourth-order valence-electron chi connectivity index (χ4n) is 15.3. The number of sulfonamides is 1. The highest BCUT2D eigenvalue weighted by molar-refractivity contribution is 7.88. The van der Waals surface area contributed by atoms with Gasteiger partial charge in [-0.25, -0.2) is 46.9 Å². The molecule has 9 aromatic heterocycles. The van der Waals surface area contributed by atoms with E-state index in [-0.39, 0.29) is 36.4 Å². The van der Waals surface area contributed by atoms with Crippen LogP contribution in [0.2, 0.25) is 0 Å². The van der Waals surface area contributed by atoms with Gasteiger partial charge in [0.2, 0.25) is 27.9 Å². The van der Waals surface area contributed by atoms with E-state index < -0.39 is 10.0 Å². The number of pyridine rings is 3. The molecule has 0 spiro atoms. The van der Waals surface area contributed by atoms with Gasteiger partial charge >= 0.3 is 0 Å². The standard InChI is InChI=1S/C26H37N7O4S.C25H34N6O2.C25H35N5O2/c1-18(17-37-2)29-26-28-16-24-22(15-23(33(24)30-26)19-4-6-21(34)7-5-19)20-8-9-27-25(14-20)31-10-12-32(13-11-31)38(3,35)36;1-17(16-33-2)28-25-27-15-23-21(19-9-10-26-24(13-19)30-11-3-4-12-30)14-22(31(23)29-25)18-5-7-20(32)8-6-18;1-16(2)11-20-12-19(9-10-26-20)22-13-23(18-5-7-21(31)8-6-18)30-24(22)14-27-25(29-30)28-17(3)15-32-4/h8-9,14-16,18-19,21,34H,4-7,10-13,17H2,1-3H3,(H,29,30);9-10,13-15,17-18,20,32H,3-8,11-12,16H2,1-2H3,(H,28,29);9-10,12-14,16-18,21,31H,5-8,11,15H2,1-4H3,(H,28,29)/t18-,19?,21?;17-,18?,20?;17-,18?,21?/m000/s1. The van der Waals surface area contributed by atoms with Crippen molar-refractivity contribution < 1.29 is 37.9 Å². The third-order valence-corrected chi connectivity index (χ3v) is 22.0. The first kappa shape index (κ1) is 74.7. The number of aliphatic hydroxyl groups excluding tert-OH is 3. The molecule has 5 aliphatic rings. The van der Waals surface area contributed by atoms with Crippen LogP contribution in [-0.4, -0.2) is 210 Å². The van der Waals surface area contributed by atoms with E-state index >= 15 is 0 Å². The third kappa shape index (κ3) is 18.6. The molecule has 2 aliphatic heterocycles. The first-order chi connectivity index (χ1) is 49.8. The summed E-state index contributed by atoms with van der Waals surface area (Å²) >= 11 is 0. The molecule has 3 atom stereocenters. The van der Waals surface area contributed by atoms with Gasteiger partial charge in [0.05, 0.1) is 79.5 Å². The molecule has 0 unspecified atom stereocenters. The lowest BCUT2D eigenvalue weighted by atomic mass is 9.85. The molecule has 2 saturated heterocycles. The predicted molar refractivity (Wildman–Crippen MR) is 404 cm³/mol. The molecule has 11 heterocycles. The zero-order valence-corrected chi connectivity index (χ0v) is 62.2. The summed E-state index contributed by atoms with van der Waals surface area (Å²) < 4.78 is 47.2. The van der Waals surface area contributed by atoms with Gasteiger partial charge in [0.15, 0.2) is 0 Å². The Morgan fingerprint density at radius 3 is 1.14 bits per heavy atom. The number of aromatic nitrogens is 12. The Kier molecular flexibility index (Phi) is 24.8. The Labute approximate surface area is 605 Å². The van der Waals surface area contributed by atoms with Gasteiger partial charge in [-0.2, -0.15) is 4.31 Å². The smallest absolute Gasteiger partial charge is 0.241 e. The van der Waals surface area contributed by atoms with Gasteiger partial charge < -0.3 is 55.3 Å². The van der Waals surface area contributed by atoms with Crippen LogP contribution >= 0.6 is 0 Å². The van der Waals surface area contributed by atoms with Crippen molar-refractivity contribution in [3.8, 4) is 33.4 Å². The van der Waals surface area contributed by atoms with Crippen LogP contribution < -0.4 is 25.8 Å². The van der Waals surface area contributed by atoms with Gasteiger partial charge in [-0.05, 0) is 194 Å². The highest BCUT2D eigenvalue weighted by atomic mass is 32.2. The summed E-state index contributed by atoms with van der Waals surface area (Å²) in [5.41, 5.74) is 14.1. The molecule has 0 radical (unpaired) electrons. The highest BCUT2D eigenvalue weighted by Gasteiger charge is 2.31. The molecular weight excluding hydrogens is 1330 g/mol. The van der Waals surface area contributed by atoms with Gasteiger partial charge in [0, 0.05) is 155 Å². The predicted octanol–water partition coefficient (Wildman–Crippen LogP) is 10.7. The Hall–Kier alpha value is -8.02. The normalized spacial score (nSPS) is 21.4. The Morgan fingerprint density at radius 1 is 0.456 bits per heavy atom. The van der Waals surface area contributed by atoms with Crippen LogP contribution in [0.3, 0.4) is 0 Å².